The van der Waals surface area contributed by atoms with Crippen LogP contribution in [0.4, 0.5) is 0 Å². The number of thioether (sulfide) groups is 1. The minimum atomic E-state index is 0.666. The van der Waals surface area contributed by atoms with Crippen LogP contribution in [0.1, 0.15) is 69.7 Å². The van der Waals surface area contributed by atoms with E-state index >= 15 is 0 Å². The van der Waals surface area contributed by atoms with Gasteiger partial charge in [-0.3, -0.25) is 0 Å². The van der Waals surface area contributed by atoms with Crippen LogP contribution in [0.25, 0.3) is 0 Å². The van der Waals surface area contributed by atoms with Crippen LogP contribution in [0.2, 0.25) is 0 Å². The molecule has 2 aliphatic rings. The first-order valence-corrected chi connectivity index (χ1v) is 9.06. The Kier molecular flexibility index (Phi) is 4.66. The second kappa shape index (κ2) is 6.48. The van der Waals surface area contributed by atoms with Gasteiger partial charge in [0, 0.05) is 23.8 Å². The van der Waals surface area contributed by atoms with Gasteiger partial charge in [-0.25, -0.2) is 0 Å². The molecule has 4 nitrogen and oxygen atoms in total. The minimum absolute atomic E-state index is 0.666. The lowest BCUT2D eigenvalue weighted by Crippen LogP contribution is -2.23. The van der Waals surface area contributed by atoms with Gasteiger partial charge < -0.3 is 9.88 Å². The molecular weight excluding hydrogens is 268 g/mol. The van der Waals surface area contributed by atoms with Crippen molar-refractivity contribution in [3.8, 4) is 0 Å². The van der Waals surface area contributed by atoms with Gasteiger partial charge in [0.15, 0.2) is 5.16 Å². The molecule has 1 heterocycles. The topological polar surface area (TPSA) is 42.7 Å². The predicted octanol–water partition coefficient (Wildman–Crippen LogP) is 3.36. The number of nitrogens with zero attached hydrogens (tertiary/aromatic N) is 3. The smallest absolute Gasteiger partial charge is 0.191 e. The van der Waals surface area contributed by atoms with E-state index in [9.17, 15) is 0 Å². The second-order valence-electron chi connectivity index (χ2n) is 6.10. The average Bonchev–Trinajstić information content (AvgIpc) is 3.38. The lowest BCUT2D eigenvalue weighted by atomic mass is 10.1. The van der Waals surface area contributed by atoms with E-state index in [2.05, 4.69) is 34.1 Å². The Bertz CT molecular complexity index is 433. The fourth-order valence-corrected chi connectivity index (χ4v) is 3.70. The third-order valence-electron chi connectivity index (χ3n) is 4.37. The lowest BCUT2D eigenvalue weighted by molar-refractivity contribution is 0.504. The van der Waals surface area contributed by atoms with Crippen LogP contribution < -0.4 is 5.32 Å². The molecule has 1 aromatic heterocycles. The standard InChI is InChI=1S/C15H26N4S/c1-3-12(16-2)5-4-10-20-15-18-17-14(11-6-7-11)19(15)13-8-9-13/h11-13,16H,3-10H2,1-2H3. The highest BCUT2D eigenvalue weighted by Crippen LogP contribution is 2.46. The second-order valence-corrected chi connectivity index (χ2v) is 7.16. The highest BCUT2D eigenvalue weighted by molar-refractivity contribution is 7.99. The molecular formula is C15H26N4S. The first kappa shape index (κ1) is 14.4. The highest BCUT2D eigenvalue weighted by Gasteiger charge is 2.36. The number of rotatable bonds is 9. The molecule has 2 fully saturated rings. The zero-order valence-electron chi connectivity index (χ0n) is 12.6. The van der Waals surface area contributed by atoms with E-state index in [1.165, 1.54) is 55.9 Å². The monoisotopic (exact) mass is 294 g/mol. The molecule has 2 saturated carbocycles. The number of nitrogens with one attached hydrogen (secondary N) is 1. The molecule has 3 rings (SSSR count). The summed E-state index contributed by atoms with van der Waals surface area (Å²) in [5.41, 5.74) is 0. The van der Waals surface area contributed by atoms with Crippen molar-refractivity contribution in [3.63, 3.8) is 0 Å². The average molecular weight is 294 g/mol. The Morgan fingerprint density at radius 2 is 2.10 bits per heavy atom. The molecule has 0 aliphatic heterocycles. The summed E-state index contributed by atoms with van der Waals surface area (Å²) in [6, 6.07) is 1.38. The molecule has 0 bridgehead atoms. The van der Waals surface area contributed by atoms with Gasteiger partial charge in [-0.05, 0) is 52.0 Å². The molecule has 1 aromatic rings. The molecule has 112 valence electrons. The maximum Gasteiger partial charge on any atom is 0.191 e. The van der Waals surface area contributed by atoms with E-state index in [4.69, 9.17) is 0 Å². The highest BCUT2D eigenvalue weighted by atomic mass is 32.2. The summed E-state index contributed by atoms with van der Waals surface area (Å²) < 4.78 is 2.46. The summed E-state index contributed by atoms with van der Waals surface area (Å²) in [7, 11) is 2.06. The van der Waals surface area contributed by atoms with Gasteiger partial charge in [-0.15, -0.1) is 10.2 Å². The predicted molar refractivity (Wildman–Crippen MR) is 83.4 cm³/mol. The minimum Gasteiger partial charge on any atom is -0.317 e. The van der Waals surface area contributed by atoms with Crippen molar-refractivity contribution in [2.75, 3.05) is 12.8 Å². The molecule has 2 aliphatic carbocycles. The Labute approximate surface area is 126 Å². The van der Waals surface area contributed by atoms with Crippen LogP contribution in [-0.2, 0) is 0 Å². The van der Waals surface area contributed by atoms with Gasteiger partial charge in [-0.2, -0.15) is 0 Å². The third-order valence-corrected chi connectivity index (χ3v) is 5.40. The van der Waals surface area contributed by atoms with E-state index in [-0.39, 0.29) is 0 Å². The van der Waals surface area contributed by atoms with Crippen molar-refractivity contribution in [3.05, 3.63) is 5.82 Å². The normalized spacial score (nSPS) is 20.3. The lowest BCUT2D eigenvalue weighted by Gasteiger charge is -2.13. The number of hydrogen-bond acceptors (Lipinski definition) is 4. The van der Waals surface area contributed by atoms with Gasteiger partial charge in [0.1, 0.15) is 5.82 Å². The molecule has 0 spiro atoms. The van der Waals surface area contributed by atoms with Crippen molar-refractivity contribution >= 4 is 11.8 Å². The Morgan fingerprint density at radius 3 is 2.70 bits per heavy atom. The van der Waals surface area contributed by atoms with Crippen LogP contribution in [0.3, 0.4) is 0 Å². The van der Waals surface area contributed by atoms with Crippen molar-refractivity contribution < 1.29 is 0 Å². The summed E-state index contributed by atoms with van der Waals surface area (Å²) in [6.07, 6.45) is 9.00. The van der Waals surface area contributed by atoms with Crippen molar-refractivity contribution in [1.82, 2.24) is 20.1 Å². The summed E-state index contributed by atoms with van der Waals surface area (Å²) in [5, 5.41) is 13.5. The number of hydrogen-bond donors (Lipinski definition) is 1. The quantitative estimate of drug-likeness (QED) is 0.560. The summed E-state index contributed by atoms with van der Waals surface area (Å²) in [5.74, 6) is 3.15. The van der Waals surface area contributed by atoms with Gasteiger partial charge >= 0.3 is 0 Å². The fourth-order valence-electron chi connectivity index (χ4n) is 2.73. The Balaban J connectivity index is 1.52. The van der Waals surface area contributed by atoms with Crippen molar-refractivity contribution in [1.29, 1.82) is 0 Å². The van der Waals surface area contributed by atoms with E-state index in [1.807, 2.05) is 11.8 Å². The van der Waals surface area contributed by atoms with Gasteiger partial charge in [0.25, 0.3) is 0 Å². The van der Waals surface area contributed by atoms with E-state index in [1.54, 1.807) is 0 Å². The van der Waals surface area contributed by atoms with Gasteiger partial charge in [0.05, 0.1) is 0 Å². The van der Waals surface area contributed by atoms with Crippen molar-refractivity contribution in [2.45, 2.75) is 75.0 Å². The summed E-state index contributed by atoms with van der Waals surface area (Å²) >= 11 is 1.91. The van der Waals surface area contributed by atoms with E-state index < -0.39 is 0 Å². The van der Waals surface area contributed by atoms with E-state index in [0.29, 0.717) is 18.0 Å². The van der Waals surface area contributed by atoms with Crippen LogP contribution in [-0.4, -0.2) is 33.6 Å². The Morgan fingerprint density at radius 1 is 1.30 bits per heavy atom. The van der Waals surface area contributed by atoms with Gasteiger partial charge in [-0.1, -0.05) is 18.7 Å². The number of aromatic nitrogens is 3. The zero-order valence-corrected chi connectivity index (χ0v) is 13.5. The van der Waals surface area contributed by atoms with Crippen LogP contribution in [0.15, 0.2) is 5.16 Å². The Hall–Kier alpha value is -0.550. The molecule has 0 radical (unpaired) electrons. The molecule has 1 unspecified atom stereocenters. The summed E-state index contributed by atoms with van der Waals surface area (Å²) in [6.45, 7) is 2.25. The maximum absolute atomic E-state index is 4.47. The largest absolute Gasteiger partial charge is 0.317 e. The van der Waals surface area contributed by atoms with Crippen molar-refractivity contribution in [2.24, 2.45) is 0 Å². The molecule has 0 amide bonds. The van der Waals surface area contributed by atoms with E-state index in [0.717, 1.165) is 5.75 Å². The zero-order chi connectivity index (χ0) is 13.9. The van der Waals surface area contributed by atoms with Crippen LogP contribution in [0, 0.1) is 0 Å². The summed E-state index contributed by atoms with van der Waals surface area (Å²) in [4.78, 5) is 0. The first-order valence-electron chi connectivity index (χ1n) is 8.08. The SMILES string of the molecule is CCC(CCCSc1nnc(C2CC2)n1C1CC1)NC. The molecule has 20 heavy (non-hydrogen) atoms. The molecule has 5 heteroatoms. The molecule has 0 saturated heterocycles. The first-order chi connectivity index (χ1) is 9.83. The van der Waals surface area contributed by atoms with Crippen LogP contribution >= 0.6 is 11.8 Å². The molecule has 0 aromatic carbocycles. The molecule has 1 N–H and O–H groups in total. The van der Waals surface area contributed by atoms with Gasteiger partial charge in [0.2, 0.25) is 0 Å². The third kappa shape index (κ3) is 3.37. The van der Waals surface area contributed by atoms with Crippen LogP contribution in [0.5, 0.6) is 0 Å². The maximum atomic E-state index is 4.47. The fraction of sp³-hybridized carbons (Fsp3) is 0.867. The molecule has 1 atom stereocenters.